The van der Waals surface area contributed by atoms with Gasteiger partial charge in [-0.3, -0.25) is 4.21 Å². The van der Waals surface area contributed by atoms with Gasteiger partial charge in [-0.05, 0) is 24.6 Å². The molecule has 17 heavy (non-hydrogen) atoms. The summed E-state index contributed by atoms with van der Waals surface area (Å²) in [6.07, 6.45) is 10.6. The van der Waals surface area contributed by atoms with Gasteiger partial charge in [0.25, 0.3) is 0 Å². The number of hydrogen-bond donors (Lipinski definition) is 0. The van der Waals surface area contributed by atoms with Crippen LogP contribution >= 0.6 is 0 Å². The van der Waals surface area contributed by atoms with Crippen molar-refractivity contribution in [2.45, 2.75) is 18.6 Å². The number of ether oxygens (including phenoxy) is 2. The molecule has 2 atom stereocenters. The minimum Gasteiger partial charge on any atom is -0.458 e. The molecular weight excluding hydrogens is 236 g/mol. The van der Waals surface area contributed by atoms with Gasteiger partial charge < -0.3 is 9.47 Å². The van der Waals surface area contributed by atoms with Gasteiger partial charge in [0.1, 0.15) is 5.76 Å². The maximum Gasteiger partial charge on any atom is 0.230 e. The molecule has 90 valence electrons. The minimum atomic E-state index is -0.947. The summed E-state index contributed by atoms with van der Waals surface area (Å²) in [5, 5.41) is 1.54. The first-order valence-electron chi connectivity index (χ1n) is 5.43. The van der Waals surface area contributed by atoms with Crippen molar-refractivity contribution in [2.75, 3.05) is 12.9 Å². The second kappa shape index (κ2) is 5.35. The van der Waals surface area contributed by atoms with Gasteiger partial charge in [-0.15, -0.1) is 0 Å². The molecular formula is C13H14O3S. The molecule has 0 saturated carbocycles. The van der Waals surface area contributed by atoms with Crippen molar-refractivity contribution in [3.8, 4) is 11.8 Å². The van der Waals surface area contributed by atoms with Crippen LogP contribution in [0.1, 0.15) is 12.8 Å². The normalized spacial score (nSPS) is 30.8. The Labute approximate surface area is 104 Å². The third kappa shape index (κ3) is 3.32. The molecule has 0 aliphatic carbocycles. The molecule has 0 N–H and O–H groups in total. The van der Waals surface area contributed by atoms with Crippen LogP contribution in [0, 0.1) is 11.8 Å². The van der Waals surface area contributed by atoms with Crippen molar-refractivity contribution in [2.24, 2.45) is 0 Å². The first kappa shape index (κ1) is 12.2. The molecule has 2 aliphatic heterocycles. The van der Waals surface area contributed by atoms with Gasteiger partial charge in [0.2, 0.25) is 5.79 Å². The fourth-order valence-electron chi connectivity index (χ4n) is 1.69. The molecule has 0 aromatic carbocycles. The fraction of sp³-hybridized carbons (Fsp3) is 0.385. The van der Waals surface area contributed by atoms with Crippen LogP contribution in [0.3, 0.4) is 0 Å². The number of allylic oxidation sites excluding steroid dienone is 3. The van der Waals surface area contributed by atoms with E-state index >= 15 is 0 Å². The molecule has 1 saturated heterocycles. The van der Waals surface area contributed by atoms with E-state index in [2.05, 4.69) is 11.8 Å². The molecule has 0 radical (unpaired) electrons. The van der Waals surface area contributed by atoms with Crippen LogP contribution in [0.4, 0.5) is 0 Å². The van der Waals surface area contributed by atoms with Crippen LogP contribution in [-0.2, 0) is 20.3 Å². The summed E-state index contributed by atoms with van der Waals surface area (Å²) in [7, 11) is -0.947. The lowest BCUT2D eigenvalue weighted by atomic mass is 10.2. The molecule has 1 fully saturated rings. The Morgan fingerprint density at radius 2 is 2.41 bits per heavy atom. The monoisotopic (exact) mass is 250 g/mol. The van der Waals surface area contributed by atoms with E-state index in [1.165, 1.54) is 0 Å². The predicted molar refractivity (Wildman–Crippen MR) is 67.2 cm³/mol. The molecule has 0 bridgehead atoms. The summed E-state index contributed by atoms with van der Waals surface area (Å²) in [5.41, 5.74) is 0. The Balaban J connectivity index is 1.93. The van der Waals surface area contributed by atoms with E-state index < -0.39 is 16.6 Å². The minimum absolute atomic E-state index is 0.533. The Kier molecular flexibility index (Phi) is 3.82. The van der Waals surface area contributed by atoms with E-state index in [0.29, 0.717) is 5.76 Å². The maximum absolute atomic E-state index is 10.7. The zero-order valence-corrected chi connectivity index (χ0v) is 10.5. The van der Waals surface area contributed by atoms with Crippen molar-refractivity contribution in [3.63, 3.8) is 0 Å². The van der Waals surface area contributed by atoms with Crippen molar-refractivity contribution >= 4 is 10.8 Å². The van der Waals surface area contributed by atoms with Gasteiger partial charge in [-0.1, -0.05) is 11.8 Å². The molecule has 2 heterocycles. The predicted octanol–water partition coefficient (Wildman–Crippen LogP) is 1.86. The van der Waals surface area contributed by atoms with Gasteiger partial charge in [-0.2, -0.15) is 0 Å². The summed E-state index contributed by atoms with van der Waals surface area (Å²) >= 11 is 0. The van der Waals surface area contributed by atoms with Gasteiger partial charge >= 0.3 is 0 Å². The average molecular weight is 250 g/mol. The number of rotatable bonds is 1. The van der Waals surface area contributed by atoms with Crippen molar-refractivity contribution < 1.29 is 13.7 Å². The highest BCUT2D eigenvalue weighted by molar-refractivity contribution is 7.87. The Bertz CT molecular complexity index is 457. The Morgan fingerprint density at radius 1 is 1.53 bits per heavy atom. The summed E-state index contributed by atoms with van der Waals surface area (Å²) in [5.74, 6) is 5.77. The van der Waals surface area contributed by atoms with Crippen LogP contribution in [0.5, 0.6) is 0 Å². The molecule has 1 spiro atoms. The van der Waals surface area contributed by atoms with Crippen LogP contribution in [-0.4, -0.2) is 22.9 Å². The highest BCUT2D eigenvalue weighted by Crippen LogP contribution is 2.35. The van der Waals surface area contributed by atoms with E-state index in [4.69, 9.17) is 9.47 Å². The maximum atomic E-state index is 10.7. The Hall–Kier alpha value is -1.31. The van der Waals surface area contributed by atoms with Crippen LogP contribution in [0.2, 0.25) is 0 Å². The molecule has 2 aliphatic rings. The second-order valence-corrected chi connectivity index (χ2v) is 5.11. The molecule has 0 aromatic rings. The largest absolute Gasteiger partial charge is 0.458 e. The highest BCUT2D eigenvalue weighted by atomic mass is 32.2. The molecule has 4 heteroatoms. The van der Waals surface area contributed by atoms with Crippen molar-refractivity contribution in [1.29, 1.82) is 0 Å². The molecule has 0 unspecified atom stereocenters. The molecule has 0 aromatic heterocycles. The Morgan fingerprint density at radius 3 is 3.12 bits per heavy atom. The lowest BCUT2D eigenvalue weighted by Gasteiger charge is -2.20. The molecule has 3 nitrogen and oxygen atoms in total. The molecule has 2 rings (SSSR count). The lowest BCUT2D eigenvalue weighted by molar-refractivity contribution is -0.135. The highest BCUT2D eigenvalue weighted by Gasteiger charge is 2.38. The van der Waals surface area contributed by atoms with Crippen molar-refractivity contribution in [1.82, 2.24) is 0 Å². The quantitative estimate of drug-likeness (QED) is 0.666. The van der Waals surface area contributed by atoms with Gasteiger partial charge in [-0.25, -0.2) is 0 Å². The van der Waals surface area contributed by atoms with Gasteiger partial charge in [0.05, 0.1) is 6.61 Å². The van der Waals surface area contributed by atoms with E-state index in [-0.39, 0.29) is 0 Å². The van der Waals surface area contributed by atoms with E-state index in [1.807, 2.05) is 12.2 Å². The van der Waals surface area contributed by atoms with Crippen LogP contribution < -0.4 is 0 Å². The van der Waals surface area contributed by atoms with Gasteiger partial charge in [0, 0.05) is 35.0 Å². The summed E-state index contributed by atoms with van der Waals surface area (Å²) in [4.78, 5) is 0. The molecule has 0 amide bonds. The van der Waals surface area contributed by atoms with Crippen LogP contribution in [0.25, 0.3) is 0 Å². The first-order chi connectivity index (χ1) is 8.20. The van der Waals surface area contributed by atoms with E-state index in [0.717, 1.165) is 19.4 Å². The third-order valence-corrected chi connectivity index (χ3v) is 2.97. The van der Waals surface area contributed by atoms with E-state index in [9.17, 15) is 4.21 Å². The van der Waals surface area contributed by atoms with Crippen molar-refractivity contribution in [3.05, 3.63) is 35.5 Å². The number of hydrogen-bond acceptors (Lipinski definition) is 3. The second-order valence-electron chi connectivity index (χ2n) is 3.84. The third-order valence-electron chi connectivity index (χ3n) is 2.45. The fourth-order valence-corrected chi connectivity index (χ4v) is 1.95. The topological polar surface area (TPSA) is 35.5 Å². The summed E-state index contributed by atoms with van der Waals surface area (Å²) in [6, 6.07) is 0. The lowest BCUT2D eigenvalue weighted by Crippen LogP contribution is -2.24. The van der Waals surface area contributed by atoms with Gasteiger partial charge in [0.15, 0.2) is 0 Å². The average Bonchev–Trinajstić information content (AvgIpc) is 2.89. The summed E-state index contributed by atoms with van der Waals surface area (Å²) in [6.45, 7) is 0.744. The summed E-state index contributed by atoms with van der Waals surface area (Å²) < 4.78 is 21.9. The first-order valence-corrected chi connectivity index (χ1v) is 7.05. The zero-order valence-electron chi connectivity index (χ0n) is 9.64. The SMILES string of the molecule is C[S@](=O)/C=C\C#C/C=C1\C=C[C@@]2(CCCO2)O1. The zero-order chi connectivity index (χ0) is 12.1. The standard InChI is InChI=1S/C13H14O3S/c1-17(14)11-4-2-3-6-12-7-9-13(16-12)8-5-10-15-13/h4,6-7,9,11H,5,8,10H2,1H3/b11-4-,12-6+/t13-,17+/m1/s1. The smallest absolute Gasteiger partial charge is 0.230 e. The van der Waals surface area contributed by atoms with E-state index in [1.54, 1.807) is 23.8 Å². The van der Waals surface area contributed by atoms with Crippen LogP contribution in [0.15, 0.2) is 35.5 Å².